The average Bonchev–Trinajstić information content (AvgIpc) is 2.67. The Hall–Kier alpha value is -1.75. The predicted molar refractivity (Wildman–Crippen MR) is 62.8 cm³/mol. The zero-order chi connectivity index (χ0) is 12.3. The predicted octanol–water partition coefficient (Wildman–Crippen LogP) is 1.07. The lowest BCUT2D eigenvalue weighted by Crippen LogP contribution is -2.25. The molecular formula is C12H15FN4. The van der Waals surface area contributed by atoms with Crippen molar-refractivity contribution in [1.82, 2.24) is 15.0 Å². The number of rotatable bonds is 4. The fraction of sp³-hybridized carbons (Fsp3) is 0.333. The topological polar surface area (TPSA) is 56.7 Å². The zero-order valence-corrected chi connectivity index (χ0v) is 9.68. The fourth-order valence-corrected chi connectivity index (χ4v) is 1.75. The van der Waals surface area contributed by atoms with Crippen LogP contribution >= 0.6 is 0 Å². The Morgan fingerprint density at radius 1 is 1.29 bits per heavy atom. The maximum Gasteiger partial charge on any atom is 0.123 e. The lowest BCUT2D eigenvalue weighted by Gasteiger charge is -2.09. The summed E-state index contributed by atoms with van der Waals surface area (Å²) in [6, 6.07) is 6.38. The smallest absolute Gasteiger partial charge is 0.123 e. The van der Waals surface area contributed by atoms with E-state index in [2.05, 4.69) is 10.3 Å². The van der Waals surface area contributed by atoms with Gasteiger partial charge in [-0.05, 0) is 24.1 Å². The van der Waals surface area contributed by atoms with Crippen molar-refractivity contribution in [3.8, 4) is 0 Å². The Labute approximate surface area is 99.2 Å². The molecule has 1 aromatic carbocycles. The molecule has 5 heteroatoms. The Morgan fingerprint density at radius 2 is 2.00 bits per heavy atom. The van der Waals surface area contributed by atoms with Crippen molar-refractivity contribution in [3.05, 3.63) is 47.5 Å². The van der Waals surface area contributed by atoms with Crippen molar-refractivity contribution in [1.29, 1.82) is 0 Å². The first-order chi connectivity index (χ1) is 8.13. The third-order valence-corrected chi connectivity index (χ3v) is 2.53. The number of hydrogen-bond acceptors (Lipinski definition) is 3. The maximum atomic E-state index is 12.7. The van der Waals surface area contributed by atoms with Crippen LogP contribution < -0.4 is 5.73 Å². The molecule has 2 rings (SSSR count). The molecule has 2 N–H and O–H groups in total. The zero-order valence-electron chi connectivity index (χ0n) is 9.68. The Morgan fingerprint density at radius 3 is 2.59 bits per heavy atom. The molecule has 0 spiro atoms. The first-order valence-corrected chi connectivity index (χ1v) is 5.48. The van der Waals surface area contributed by atoms with Crippen molar-refractivity contribution in [2.24, 2.45) is 12.8 Å². The molecule has 1 heterocycles. The summed E-state index contributed by atoms with van der Waals surface area (Å²) in [6.45, 7) is 0. The largest absolute Gasteiger partial charge is 0.327 e. The van der Waals surface area contributed by atoms with E-state index in [4.69, 9.17) is 5.73 Å². The van der Waals surface area contributed by atoms with Crippen LogP contribution in [0.15, 0.2) is 30.5 Å². The number of halogens is 1. The van der Waals surface area contributed by atoms with Gasteiger partial charge in [-0.2, -0.15) is 0 Å². The lowest BCUT2D eigenvalue weighted by molar-refractivity contribution is 0.622. The Bertz CT molecular complexity index is 478. The molecule has 1 aromatic heterocycles. The monoisotopic (exact) mass is 234 g/mol. The summed E-state index contributed by atoms with van der Waals surface area (Å²) in [5.74, 6) is -0.226. The van der Waals surface area contributed by atoms with E-state index in [1.807, 2.05) is 13.2 Å². The van der Waals surface area contributed by atoms with Crippen LogP contribution in [0.4, 0.5) is 4.39 Å². The number of aromatic nitrogens is 3. The third kappa shape index (κ3) is 3.35. The number of aryl methyl sites for hydroxylation is 1. The van der Waals surface area contributed by atoms with E-state index in [1.54, 1.807) is 16.8 Å². The second-order valence-electron chi connectivity index (χ2n) is 4.18. The molecule has 0 fully saturated rings. The van der Waals surface area contributed by atoms with Crippen LogP contribution in [0.5, 0.6) is 0 Å². The van der Waals surface area contributed by atoms with E-state index < -0.39 is 0 Å². The summed E-state index contributed by atoms with van der Waals surface area (Å²) < 4.78 is 14.4. The first kappa shape index (κ1) is 11.7. The second-order valence-corrected chi connectivity index (χ2v) is 4.18. The van der Waals surface area contributed by atoms with Crippen molar-refractivity contribution < 1.29 is 4.39 Å². The molecule has 1 unspecified atom stereocenters. The molecule has 0 bridgehead atoms. The third-order valence-electron chi connectivity index (χ3n) is 2.53. The van der Waals surface area contributed by atoms with Gasteiger partial charge in [0.05, 0.1) is 5.69 Å². The molecule has 17 heavy (non-hydrogen) atoms. The van der Waals surface area contributed by atoms with Crippen molar-refractivity contribution in [2.45, 2.75) is 18.9 Å². The van der Waals surface area contributed by atoms with Crippen LogP contribution in [0.3, 0.4) is 0 Å². The quantitative estimate of drug-likeness (QED) is 0.860. The normalized spacial score (nSPS) is 12.6. The minimum absolute atomic E-state index is 0.0304. The van der Waals surface area contributed by atoms with E-state index in [1.165, 1.54) is 12.1 Å². The van der Waals surface area contributed by atoms with E-state index in [0.717, 1.165) is 11.3 Å². The molecule has 0 aliphatic heterocycles. The number of nitrogens with two attached hydrogens (primary N) is 1. The van der Waals surface area contributed by atoms with Gasteiger partial charge in [0.2, 0.25) is 0 Å². The molecule has 0 saturated heterocycles. The van der Waals surface area contributed by atoms with Gasteiger partial charge < -0.3 is 5.73 Å². The highest BCUT2D eigenvalue weighted by atomic mass is 19.1. The molecule has 1 atom stereocenters. The van der Waals surface area contributed by atoms with Crippen LogP contribution in [0, 0.1) is 5.82 Å². The summed E-state index contributed by atoms with van der Waals surface area (Å²) in [4.78, 5) is 0. The van der Waals surface area contributed by atoms with Crippen molar-refractivity contribution >= 4 is 0 Å². The highest BCUT2D eigenvalue weighted by Crippen LogP contribution is 2.07. The molecule has 0 aliphatic rings. The maximum absolute atomic E-state index is 12.7. The van der Waals surface area contributed by atoms with E-state index in [-0.39, 0.29) is 11.9 Å². The molecule has 0 saturated carbocycles. The minimum atomic E-state index is -0.226. The molecule has 90 valence electrons. The number of benzene rings is 1. The summed E-state index contributed by atoms with van der Waals surface area (Å²) >= 11 is 0. The van der Waals surface area contributed by atoms with Gasteiger partial charge in [0.25, 0.3) is 0 Å². The number of nitrogens with zero attached hydrogens (tertiary/aromatic N) is 3. The molecule has 0 amide bonds. The van der Waals surface area contributed by atoms with E-state index in [9.17, 15) is 4.39 Å². The van der Waals surface area contributed by atoms with Crippen LogP contribution in [0.25, 0.3) is 0 Å². The summed E-state index contributed by atoms with van der Waals surface area (Å²) in [5, 5.41) is 7.83. The van der Waals surface area contributed by atoms with Gasteiger partial charge in [-0.25, -0.2) is 4.39 Å². The van der Waals surface area contributed by atoms with E-state index in [0.29, 0.717) is 12.8 Å². The van der Waals surface area contributed by atoms with Crippen LogP contribution in [0.2, 0.25) is 0 Å². The SMILES string of the molecule is Cn1cc(CC(N)Cc2ccc(F)cc2)nn1. The molecule has 0 aliphatic carbocycles. The molecule has 0 radical (unpaired) electrons. The summed E-state index contributed by atoms with van der Waals surface area (Å²) in [5.41, 5.74) is 7.92. The van der Waals surface area contributed by atoms with E-state index >= 15 is 0 Å². The van der Waals surface area contributed by atoms with Crippen LogP contribution in [0.1, 0.15) is 11.3 Å². The van der Waals surface area contributed by atoms with Gasteiger partial charge in [0.1, 0.15) is 5.82 Å². The van der Waals surface area contributed by atoms with Gasteiger partial charge in [-0.15, -0.1) is 5.10 Å². The summed E-state index contributed by atoms with van der Waals surface area (Å²) in [6.07, 6.45) is 3.23. The molecule has 4 nitrogen and oxygen atoms in total. The number of hydrogen-bond donors (Lipinski definition) is 1. The van der Waals surface area contributed by atoms with Crippen molar-refractivity contribution in [2.75, 3.05) is 0 Å². The van der Waals surface area contributed by atoms with Gasteiger partial charge in [0.15, 0.2) is 0 Å². The minimum Gasteiger partial charge on any atom is -0.327 e. The van der Waals surface area contributed by atoms with Crippen molar-refractivity contribution in [3.63, 3.8) is 0 Å². The second kappa shape index (κ2) is 5.05. The Kier molecular flexibility index (Phi) is 3.49. The Balaban J connectivity index is 1.93. The van der Waals surface area contributed by atoms with Gasteiger partial charge in [-0.1, -0.05) is 17.3 Å². The van der Waals surface area contributed by atoms with Gasteiger partial charge >= 0.3 is 0 Å². The fourth-order valence-electron chi connectivity index (χ4n) is 1.75. The molecular weight excluding hydrogens is 219 g/mol. The summed E-state index contributed by atoms with van der Waals surface area (Å²) in [7, 11) is 1.82. The average molecular weight is 234 g/mol. The van der Waals surface area contributed by atoms with Crippen LogP contribution in [-0.4, -0.2) is 21.0 Å². The lowest BCUT2D eigenvalue weighted by atomic mass is 10.0. The standard InChI is InChI=1S/C12H15FN4/c1-17-8-12(15-16-17)7-11(14)6-9-2-4-10(13)5-3-9/h2-5,8,11H,6-7,14H2,1H3. The van der Waals surface area contributed by atoms with Gasteiger partial charge in [-0.3, -0.25) is 4.68 Å². The molecule has 2 aromatic rings. The first-order valence-electron chi connectivity index (χ1n) is 5.48. The highest BCUT2D eigenvalue weighted by molar-refractivity contribution is 5.17. The highest BCUT2D eigenvalue weighted by Gasteiger charge is 2.08. The van der Waals surface area contributed by atoms with Crippen LogP contribution in [-0.2, 0) is 19.9 Å². The van der Waals surface area contributed by atoms with Gasteiger partial charge in [0, 0.05) is 25.7 Å².